The predicted octanol–water partition coefficient (Wildman–Crippen LogP) is -1.56. The van der Waals surface area contributed by atoms with Gasteiger partial charge in [0.1, 0.15) is 0 Å². The molecule has 6 nitrogen and oxygen atoms in total. The molecule has 8 heteroatoms. The largest absolute Gasteiger partial charge is 0.330 e. The minimum atomic E-state index is -3.37. The van der Waals surface area contributed by atoms with Crippen LogP contribution in [0, 0.1) is 0 Å². The fraction of sp³-hybridized carbons (Fsp3) is 1.00. The van der Waals surface area contributed by atoms with Crippen LogP contribution in [-0.2, 0) is 19.9 Å². The lowest BCUT2D eigenvalue weighted by Crippen LogP contribution is -2.37. The maximum Gasteiger partial charge on any atom is 0.211 e. The SMILES string of the molecule is NCCCS(=O)(=O)NC1CCS(=O)(=O)C1. The van der Waals surface area contributed by atoms with Gasteiger partial charge in [-0.15, -0.1) is 0 Å². The topological polar surface area (TPSA) is 106 Å². The average molecular weight is 256 g/mol. The van der Waals surface area contributed by atoms with Gasteiger partial charge in [0.05, 0.1) is 17.3 Å². The third-order valence-corrected chi connectivity index (χ3v) is 5.48. The van der Waals surface area contributed by atoms with Crippen LogP contribution < -0.4 is 10.5 Å². The lowest BCUT2D eigenvalue weighted by molar-refractivity contribution is 0.560. The highest BCUT2D eigenvalue weighted by Gasteiger charge is 2.30. The number of nitrogens with one attached hydrogen (secondary N) is 1. The normalized spacial score (nSPS) is 25.5. The standard InChI is InChI=1S/C7H16N2O4S2/c8-3-1-4-15(12,13)9-7-2-5-14(10,11)6-7/h7,9H,1-6,8H2. The summed E-state index contributed by atoms with van der Waals surface area (Å²) in [7, 11) is -6.41. The molecule has 1 fully saturated rings. The lowest BCUT2D eigenvalue weighted by atomic mass is 10.3. The number of nitrogens with two attached hydrogens (primary N) is 1. The van der Waals surface area contributed by atoms with Crippen molar-refractivity contribution in [3.8, 4) is 0 Å². The molecular formula is C7H16N2O4S2. The van der Waals surface area contributed by atoms with Gasteiger partial charge in [-0.2, -0.15) is 0 Å². The van der Waals surface area contributed by atoms with Crippen LogP contribution in [0.15, 0.2) is 0 Å². The summed E-state index contributed by atoms with van der Waals surface area (Å²) in [5, 5.41) is 0. The summed E-state index contributed by atoms with van der Waals surface area (Å²) in [6.45, 7) is 0.309. The molecule has 0 spiro atoms. The van der Waals surface area contributed by atoms with Crippen LogP contribution in [0.4, 0.5) is 0 Å². The molecule has 0 saturated carbocycles. The van der Waals surface area contributed by atoms with Crippen molar-refractivity contribution in [2.24, 2.45) is 5.73 Å². The Bertz CT molecular complexity index is 401. The monoisotopic (exact) mass is 256 g/mol. The molecule has 1 unspecified atom stereocenters. The predicted molar refractivity (Wildman–Crippen MR) is 57.7 cm³/mol. The van der Waals surface area contributed by atoms with Gasteiger partial charge in [0.2, 0.25) is 10.0 Å². The van der Waals surface area contributed by atoms with E-state index in [1.807, 2.05) is 0 Å². The molecule has 0 bridgehead atoms. The van der Waals surface area contributed by atoms with E-state index in [1.54, 1.807) is 0 Å². The minimum Gasteiger partial charge on any atom is -0.330 e. The summed E-state index contributed by atoms with van der Waals surface area (Å²) in [6.07, 6.45) is 0.749. The fourth-order valence-corrected chi connectivity index (χ4v) is 4.63. The summed E-state index contributed by atoms with van der Waals surface area (Å²) in [5.74, 6) is -0.0635. The summed E-state index contributed by atoms with van der Waals surface area (Å²) in [6, 6.07) is -0.460. The van der Waals surface area contributed by atoms with Crippen molar-refractivity contribution in [3.63, 3.8) is 0 Å². The quantitative estimate of drug-likeness (QED) is 0.619. The van der Waals surface area contributed by atoms with Gasteiger partial charge < -0.3 is 5.73 Å². The molecule has 0 aromatic heterocycles. The van der Waals surface area contributed by atoms with Crippen molar-refractivity contribution in [2.75, 3.05) is 23.8 Å². The maximum absolute atomic E-state index is 11.4. The Morgan fingerprint density at radius 2 is 2.07 bits per heavy atom. The van der Waals surface area contributed by atoms with Gasteiger partial charge in [-0.3, -0.25) is 0 Å². The van der Waals surface area contributed by atoms with E-state index in [1.165, 1.54) is 0 Å². The summed E-state index contributed by atoms with van der Waals surface area (Å²) in [5.41, 5.74) is 5.20. The van der Waals surface area contributed by atoms with Gasteiger partial charge in [-0.1, -0.05) is 0 Å². The number of hydrogen-bond acceptors (Lipinski definition) is 5. The van der Waals surface area contributed by atoms with Crippen LogP contribution in [0.25, 0.3) is 0 Å². The van der Waals surface area contributed by atoms with Crippen LogP contribution in [0.3, 0.4) is 0 Å². The van der Waals surface area contributed by atoms with E-state index in [4.69, 9.17) is 5.73 Å². The van der Waals surface area contributed by atoms with Crippen molar-refractivity contribution in [3.05, 3.63) is 0 Å². The summed E-state index contributed by atoms with van der Waals surface area (Å²) >= 11 is 0. The first kappa shape index (κ1) is 12.9. The molecule has 1 atom stereocenters. The van der Waals surface area contributed by atoms with E-state index < -0.39 is 25.9 Å². The average Bonchev–Trinajstić information content (AvgIpc) is 2.41. The van der Waals surface area contributed by atoms with Gasteiger partial charge in [-0.05, 0) is 19.4 Å². The molecule has 90 valence electrons. The van der Waals surface area contributed by atoms with E-state index >= 15 is 0 Å². The molecule has 15 heavy (non-hydrogen) atoms. The smallest absolute Gasteiger partial charge is 0.211 e. The Hall–Kier alpha value is -0.180. The molecule has 1 rings (SSSR count). The molecule has 1 aliphatic rings. The third-order valence-electron chi connectivity index (χ3n) is 2.20. The second-order valence-electron chi connectivity index (χ2n) is 3.68. The van der Waals surface area contributed by atoms with Crippen LogP contribution in [0.2, 0.25) is 0 Å². The zero-order chi connectivity index (χ0) is 11.5. The zero-order valence-electron chi connectivity index (χ0n) is 8.35. The first-order valence-corrected chi connectivity index (χ1v) is 8.22. The second-order valence-corrected chi connectivity index (χ2v) is 7.78. The van der Waals surface area contributed by atoms with E-state index in [-0.39, 0.29) is 17.3 Å². The molecule has 1 heterocycles. The Labute approximate surface area is 90.2 Å². The van der Waals surface area contributed by atoms with Gasteiger partial charge in [0.15, 0.2) is 9.84 Å². The Balaban J connectivity index is 2.49. The Morgan fingerprint density at radius 1 is 1.40 bits per heavy atom. The lowest BCUT2D eigenvalue weighted by Gasteiger charge is -2.10. The molecule has 0 amide bonds. The van der Waals surface area contributed by atoms with Crippen LogP contribution in [0.1, 0.15) is 12.8 Å². The highest BCUT2D eigenvalue weighted by molar-refractivity contribution is 7.92. The molecule has 0 aromatic rings. The molecule has 1 saturated heterocycles. The number of hydrogen-bond donors (Lipinski definition) is 2. The van der Waals surface area contributed by atoms with Crippen LogP contribution >= 0.6 is 0 Å². The molecule has 0 aliphatic carbocycles. The fourth-order valence-electron chi connectivity index (χ4n) is 1.47. The van der Waals surface area contributed by atoms with Crippen molar-refractivity contribution < 1.29 is 16.8 Å². The van der Waals surface area contributed by atoms with E-state index in [0.29, 0.717) is 19.4 Å². The molecular weight excluding hydrogens is 240 g/mol. The number of sulfonamides is 1. The van der Waals surface area contributed by atoms with Gasteiger partial charge in [-0.25, -0.2) is 21.6 Å². The van der Waals surface area contributed by atoms with Crippen LogP contribution in [-0.4, -0.2) is 46.7 Å². The van der Waals surface area contributed by atoms with E-state index in [9.17, 15) is 16.8 Å². The molecule has 1 aliphatic heterocycles. The summed E-state index contributed by atoms with van der Waals surface area (Å²) in [4.78, 5) is 0. The highest BCUT2D eigenvalue weighted by Crippen LogP contribution is 2.12. The molecule has 0 aromatic carbocycles. The molecule has 0 radical (unpaired) electrons. The Morgan fingerprint density at radius 3 is 2.53 bits per heavy atom. The van der Waals surface area contributed by atoms with E-state index in [2.05, 4.69) is 4.72 Å². The first-order chi connectivity index (χ1) is 6.85. The second kappa shape index (κ2) is 4.77. The van der Waals surface area contributed by atoms with Gasteiger partial charge >= 0.3 is 0 Å². The Kier molecular flexibility index (Phi) is 4.10. The van der Waals surface area contributed by atoms with Gasteiger partial charge in [0.25, 0.3) is 0 Å². The zero-order valence-corrected chi connectivity index (χ0v) is 9.98. The summed E-state index contributed by atoms with van der Waals surface area (Å²) < 4.78 is 47.3. The van der Waals surface area contributed by atoms with Crippen molar-refractivity contribution in [2.45, 2.75) is 18.9 Å². The highest BCUT2D eigenvalue weighted by atomic mass is 32.2. The van der Waals surface area contributed by atoms with E-state index in [0.717, 1.165) is 0 Å². The van der Waals surface area contributed by atoms with Gasteiger partial charge in [0, 0.05) is 6.04 Å². The van der Waals surface area contributed by atoms with Crippen molar-refractivity contribution in [1.29, 1.82) is 0 Å². The number of sulfone groups is 1. The number of rotatable bonds is 5. The minimum absolute atomic E-state index is 0.0416. The maximum atomic E-state index is 11.4. The third kappa shape index (κ3) is 4.45. The van der Waals surface area contributed by atoms with Crippen molar-refractivity contribution >= 4 is 19.9 Å². The van der Waals surface area contributed by atoms with Crippen molar-refractivity contribution in [1.82, 2.24) is 4.72 Å². The first-order valence-electron chi connectivity index (χ1n) is 4.75. The van der Waals surface area contributed by atoms with Crippen LogP contribution in [0.5, 0.6) is 0 Å². The molecule has 3 N–H and O–H groups in total.